The maximum atomic E-state index is 13.2. The molecule has 1 unspecified atom stereocenters. The number of carbonyl (C=O) groups excluding carboxylic acids is 1. The molecule has 1 aliphatic heterocycles. The SMILES string of the molecule is O=C(c1ccc(O)cc1)N1CCc2ccccc2C1c1ccc(OC(F)(F)F)cc1. The molecule has 1 amide bonds. The molecule has 154 valence electrons. The first kappa shape index (κ1) is 19.8. The van der Waals surface area contributed by atoms with Gasteiger partial charge in [0.25, 0.3) is 5.91 Å². The first-order chi connectivity index (χ1) is 14.3. The normalized spacial score (nSPS) is 16.1. The second-order valence-corrected chi connectivity index (χ2v) is 7.01. The van der Waals surface area contributed by atoms with Crippen LogP contribution in [0.15, 0.2) is 72.8 Å². The minimum absolute atomic E-state index is 0.0624. The molecule has 30 heavy (non-hydrogen) atoms. The number of halogens is 3. The Morgan fingerprint density at radius 3 is 2.30 bits per heavy atom. The number of ether oxygens (including phenoxy) is 1. The fourth-order valence-corrected chi connectivity index (χ4v) is 3.77. The van der Waals surface area contributed by atoms with Crippen molar-refractivity contribution >= 4 is 5.91 Å². The Morgan fingerprint density at radius 1 is 0.967 bits per heavy atom. The third kappa shape index (κ3) is 4.10. The lowest BCUT2D eigenvalue weighted by atomic mass is 9.87. The molecule has 0 spiro atoms. The van der Waals surface area contributed by atoms with Crippen LogP contribution in [0.2, 0.25) is 0 Å². The number of carbonyl (C=O) groups is 1. The van der Waals surface area contributed by atoms with Crippen LogP contribution in [0.5, 0.6) is 11.5 Å². The zero-order chi connectivity index (χ0) is 21.3. The largest absolute Gasteiger partial charge is 0.573 e. The summed E-state index contributed by atoms with van der Waals surface area (Å²) >= 11 is 0. The number of hydrogen-bond donors (Lipinski definition) is 1. The molecule has 1 heterocycles. The van der Waals surface area contributed by atoms with Gasteiger partial charge in [-0.1, -0.05) is 36.4 Å². The second kappa shape index (κ2) is 7.74. The minimum Gasteiger partial charge on any atom is -0.508 e. The van der Waals surface area contributed by atoms with Crippen LogP contribution in [-0.4, -0.2) is 28.8 Å². The van der Waals surface area contributed by atoms with E-state index in [1.165, 1.54) is 24.3 Å². The molecule has 1 aliphatic rings. The Balaban J connectivity index is 1.72. The Bertz CT molecular complexity index is 1050. The lowest BCUT2D eigenvalue weighted by molar-refractivity contribution is -0.274. The van der Waals surface area contributed by atoms with Crippen LogP contribution >= 0.6 is 0 Å². The summed E-state index contributed by atoms with van der Waals surface area (Å²) in [5, 5.41) is 9.50. The smallest absolute Gasteiger partial charge is 0.508 e. The van der Waals surface area contributed by atoms with Crippen LogP contribution in [-0.2, 0) is 6.42 Å². The summed E-state index contributed by atoms with van der Waals surface area (Å²) in [6.07, 6.45) is -4.09. The number of amides is 1. The van der Waals surface area contributed by atoms with Gasteiger partial charge in [-0.2, -0.15) is 0 Å². The molecule has 0 fully saturated rings. The van der Waals surface area contributed by atoms with Crippen molar-refractivity contribution in [2.45, 2.75) is 18.8 Å². The zero-order valence-corrected chi connectivity index (χ0v) is 15.8. The second-order valence-electron chi connectivity index (χ2n) is 7.01. The van der Waals surface area contributed by atoms with Gasteiger partial charge in [-0.05, 0) is 59.5 Å². The fraction of sp³-hybridized carbons (Fsp3) is 0.174. The summed E-state index contributed by atoms with van der Waals surface area (Å²) < 4.78 is 41.4. The van der Waals surface area contributed by atoms with E-state index in [2.05, 4.69) is 4.74 Å². The third-order valence-electron chi connectivity index (χ3n) is 5.09. The van der Waals surface area contributed by atoms with E-state index in [0.717, 1.165) is 11.1 Å². The molecule has 7 heteroatoms. The summed E-state index contributed by atoms with van der Waals surface area (Å²) in [5.74, 6) is -0.468. The van der Waals surface area contributed by atoms with Gasteiger partial charge >= 0.3 is 6.36 Å². The van der Waals surface area contributed by atoms with Gasteiger partial charge in [0.1, 0.15) is 11.5 Å². The van der Waals surface area contributed by atoms with Crippen molar-refractivity contribution in [3.63, 3.8) is 0 Å². The number of benzene rings is 3. The lowest BCUT2D eigenvalue weighted by Crippen LogP contribution is -2.40. The van der Waals surface area contributed by atoms with E-state index in [0.29, 0.717) is 24.1 Å². The van der Waals surface area contributed by atoms with Crippen molar-refractivity contribution < 1.29 is 27.8 Å². The molecule has 0 bridgehead atoms. The minimum atomic E-state index is -4.76. The van der Waals surface area contributed by atoms with Crippen molar-refractivity contribution in [3.05, 3.63) is 95.1 Å². The summed E-state index contributed by atoms with van der Waals surface area (Å²) in [7, 11) is 0. The monoisotopic (exact) mass is 413 g/mol. The van der Waals surface area contributed by atoms with Gasteiger partial charge in [-0.25, -0.2) is 0 Å². The van der Waals surface area contributed by atoms with Crippen molar-refractivity contribution in [1.82, 2.24) is 4.90 Å². The molecule has 3 aromatic rings. The van der Waals surface area contributed by atoms with E-state index in [1.807, 2.05) is 24.3 Å². The fourth-order valence-electron chi connectivity index (χ4n) is 3.77. The van der Waals surface area contributed by atoms with Crippen LogP contribution in [0.25, 0.3) is 0 Å². The summed E-state index contributed by atoms with van der Waals surface area (Å²) in [6.45, 7) is 0.461. The highest BCUT2D eigenvalue weighted by molar-refractivity contribution is 5.95. The van der Waals surface area contributed by atoms with Gasteiger partial charge in [-0.15, -0.1) is 13.2 Å². The quantitative estimate of drug-likeness (QED) is 0.652. The first-order valence-electron chi connectivity index (χ1n) is 9.35. The van der Waals surface area contributed by atoms with Gasteiger partial charge in [0.2, 0.25) is 0 Å². The molecule has 0 saturated heterocycles. The third-order valence-corrected chi connectivity index (χ3v) is 5.09. The number of alkyl halides is 3. The van der Waals surface area contributed by atoms with Gasteiger partial charge in [0, 0.05) is 12.1 Å². The lowest BCUT2D eigenvalue weighted by Gasteiger charge is -2.38. The van der Waals surface area contributed by atoms with Crippen LogP contribution in [0.3, 0.4) is 0 Å². The van der Waals surface area contributed by atoms with E-state index in [-0.39, 0.29) is 17.4 Å². The highest BCUT2D eigenvalue weighted by atomic mass is 19.4. The van der Waals surface area contributed by atoms with Gasteiger partial charge in [0.05, 0.1) is 6.04 Å². The van der Waals surface area contributed by atoms with Crippen LogP contribution in [0.1, 0.15) is 33.1 Å². The standard InChI is InChI=1S/C23H18F3NO3/c24-23(25,26)30-19-11-7-16(8-12-19)21-20-4-2-1-3-15(20)13-14-27(21)22(29)17-5-9-18(28)10-6-17/h1-12,21,28H,13-14H2. The average Bonchev–Trinajstić information content (AvgIpc) is 2.72. The molecule has 3 aromatic carbocycles. The number of hydrogen-bond acceptors (Lipinski definition) is 3. The predicted octanol–water partition coefficient (Wildman–Crippen LogP) is 5.08. The van der Waals surface area contributed by atoms with Crippen molar-refractivity contribution in [1.29, 1.82) is 0 Å². The molecule has 0 aromatic heterocycles. The van der Waals surface area contributed by atoms with Crippen molar-refractivity contribution in [2.75, 3.05) is 6.54 Å². The number of phenolic OH excluding ortho intramolecular Hbond substituents is 1. The van der Waals surface area contributed by atoms with E-state index < -0.39 is 12.4 Å². The highest BCUT2D eigenvalue weighted by Crippen LogP contribution is 2.37. The summed E-state index contributed by atoms with van der Waals surface area (Å²) in [6, 6.07) is 18.9. The zero-order valence-electron chi connectivity index (χ0n) is 15.8. The maximum Gasteiger partial charge on any atom is 0.573 e. The number of phenols is 1. The Kier molecular flexibility index (Phi) is 5.11. The Labute approximate surface area is 171 Å². The van der Waals surface area contributed by atoms with E-state index in [9.17, 15) is 23.1 Å². The molecular formula is C23H18F3NO3. The van der Waals surface area contributed by atoms with Gasteiger partial charge in [-0.3, -0.25) is 4.79 Å². The van der Waals surface area contributed by atoms with Crippen LogP contribution in [0, 0.1) is 0 Å². The highest BCUT2D eigenvalue weighted by Gasteiger charge is 2.33. The summed E-state index contributed by atoms with van der Waals surface area (Å²) in [5.41, 5.74) is 3.13. The Hall–Kier alpha value is -3.48. The average molecular weight is 413 g/mol. The number of aromatic hydroxyl groups is 1. The number of fused-ring (bicyclic) bond motifs is 1. The van der Waals surface area contributed by atoms with Crippen LogP contribution < -0.4 is 4.74 Å². The van der Waals surface area contributed by atoms with Gasteiger partial charge < -0.3 is 14.7 Å². The molecule has 4 nitrogen and oxygen atoms in total. The molecule has 0 radical (unpaired) electrons. The van der Waals surface area contributed by atoms with E-state index >= 15 is 0 Å². The summed E-state index contributed by atoms with van der Waals surface area (Å²) in [4.78, 5) is 14.9. The van der Waals surface area contributed by atoms with E-state index in [4.69, 9.17) is 0 Å². The molecular weight excluding hydrogens is 395 g/mol. The number of rotatable bonds is 3. The Morgan fingerprint density at radius 2 is 1.63 bits per heavy atom. The maximum absolute atomic E-state index is 13.2. The van der Waals surface area contributed by atoms with Crippen LogP contribution in [0.4, 0.5) is 13.2 Å². The predicted molar refractivity (Wildman–Crippen MR) is 104 cm³/mol. The molecule has 0 aliphatic carbocycles. The first-order valence-corrected chi connectivity index (χ1v) is 9.35. The van der Waals surface area contributed by atoms with Crippen molar-refractivity contribution in [2.24, 2.45) is 0 Å². The van der Waals surface area contributed by atoms with Crippen molar-refractivity contribution in [3.8, 4) is 11.5 Å². The topological polar surface area (TPSA) is 49.8 Å². The molecule has 0 saturated carbocycles. The number of nitrogens with zero attached hydrogens (tertiary/aromatic N) is 1. The van der Waals surface area contributed by atoms with Gasteiger partial charge in [0.15, 0.2) is 0 Å². The molecule has 4 rings (SSSR count). The van der Waals surface area contributed by atoms with E-state index in [1.54, 1.807) is 29.2 Å². The molecule has 1 N–H and O–H groups in total. The molecule has 1 atom stereocenters.